The number of halogens is 1. The fourth-order valence-corrected chi connectivity index (χ4v) is 2.14. The van der Waals surface area contributed by atoms with Gasteiger partial charge in [0.05, 0.1) is 5.60 Å². The maximum absolute atomic E-state index is 10.4. The summed E-state index contributed by atoms with van der Waals surface area (Å²) in [5.41, 5.74) is -0.767. The molecule has 0 amide bonds. The highest BCUT2D eigenvalue weighted by atomic mass is 79.9. The Balaban J connectivity index is 4.62. The van der Waals surface area contributed by atoms with Gasteiger partial charge in [-0.3, -0.25) is 0 Å². The average molecular weight is 261 g/mol. The van der Waals surface area contributed by atoms with E-state index in [0.29, 0.717) is 18.3 Å². The molecule has 14 heavy (non-hydrogen) atoms. The molecule has 1 nitrogen and oxygen atoms in total. The van der Waals surface area contributed by atoms with Gasteiger partial charge in [0, 0.05) is 11.2 Å². The summed E-state index contributed by atoms with van der Waals surface area (Å²) in [4.78, 5) is 0.0634. The highest BCUT2D eigenvalue weighted by Gasteiger charge is 2.36. The van der Waals surface area contributed by atoms with E-state index in [4.69, 9.17) is 6.42 Å². The highest BCUT2D eigenvalue weighted by molar-refractivity contribution is 9.09. The van der Waals surface area contributed by atoms with Gasteiger partial charge in [0.25, 0.3) is 0 Å². The Morgan fingerprint density at radius 2 is 1.86 bits per heavy atom. The molecular weight excluding hydrogens is 240 g/mol. The summed E-state index contributed by atoms with van der Waals surface area (Å²) in [6, 6.07) is 0. The van der Waals surface area contributed by atoms with Crippen molar-refractivity contribution in [1.29, 1.82) is 0 Å². The third-order valence-electron chi connectivity index (χ3n) is 2.27. The fourth-order valence-electron chi connectivity index (χ4n) is 1.79. The molecule has 0 aromatic heterocycles. The van der Waals surface area contributed by atoms with Crippen molar-refractivity contribution in [1.82, 2.24) is 0 Å². The van der Waals surface area contributed by atoms with Crippen molar-refractivity contribution in [3.8, 4) is 12.3 Å². The Labute approximate surface area is 96.4 Å². The SMILES string of the molecule is C#CCC(O)(CC(C)C)C(Br)C(C)C. The van der Waals surface area contributed by atoms with Crippen molar-refractivity contribution < 1.29 is 5.11 Å². The quantitative estimate of drug-likeness (QED) is 0.595. The molecule has 2 heteroatoms. The van der Waals surface area contributed by atoms with Crippen LogP contribution in [0.1, 0.15) is 40.5 Å². The number of hydrogen-bond donors (Lipinski definition) is 1. The molecule has 0 bridgehead atoms. The first-order valence-electron chi connectivity index (χ1n) is 5.13. The predicted octanol–water partition coefficient (Wildman–Crippen LogP) is 3.21. The molecule has 2 atom stereocenters. The van der Waals surface area contributed by atoms with Crippen LogP contribution in [-0.4, -0.2) is 15.5 Å². The maximum atomic E-state index is 10.4. The summed E-state index contributed by atoms with van der Waals surface area (Å²) in [5, 5.41) is 10.4. The van der Waals surface area contributed by atoms with Gasteiger partial charge in [0.2, 0.25) is 0 Å². The molecule has 0 fully saturated rings. The van der Waals surface area contributed by atoms with Crippen LogP contribution in [0.5, 0.6) is 0 Å². The Kier molecular flexibility index (Phi) is 5.78. The van der Waals surface area contributed by atoms with Crippen LogP contribution in [0.4, 0.5) is 0 Å². The topological polar surface area (TPSA) is 20.2 Å². The van der Waals surface area contributed by atoms with Crippen molar-refractivity contribution in [3.05, 3.63) is 0 Å². The third-order valence-corrected chi connectivity index (χ3v) is 4.18. The van der Waals surface area contributed by atoms with Crippen LogP contribution in [-0.2, 0) is 0 Å². The predicted molar refractivity (Wildman–Crippen MR) is 65.4 cm³/mol. The normalized spacial score (nSPS) is 17.9. The van der Waals surface area contributed by atoms with Gasteiger partial charge >= 0.3 is 0 Å². The third kappa shape index (κ3) is 4.02. The van der Waals surface area contributed by atoms with Crippen LogP contribution in [0.25, 0.3) is 0 Å². The van der Waals surface area contributed by atoms with E-state index in [0.717, 1.165) is 6.42 Å². The Hall–Kier alpha value is 0. The molecule has 0 rings (SSSR count). The van der Waals surface area contributed by atoms with Crippen molar-refractivity contribution in [2.24, 2.45) is 11.8 Å². The molecule has 82 valence electrons. The number of rotatable bonds is 5. The summed E-state index contributed by atoms with van der Waals surface area (Å²) >= 11 is 3.55. The van der Waals surface area contributed by atoms with E-state index >= 15 is 0 Å². The van der Waals surface area contributed by atoms with E-state index in [9.17, 15) is 5.11 Å². The minimum absolute atomic E-state index is 0.0634. The number of aliphatic hydroxyl groups is 1. The lowest BCUT2D eigenvalue weighted by molar-refractivity contribution is 0.0138. The molecule has 0 radical (unpaired) electrons. The largest absolute Gasteiger partial charge is 0.388 e. The lowest BCUT2D eigenvalue weighted by Gasteiger charge is -2.35. The lowest BCUT2D eigenvalue weighted by Crippen LogP contribution is -2.42. The molecule has 0 aromatic rings. The van der Waals surface area contributed by atoms with Gasteiger partial charge in [-0.05, 0) is 18.3 Å². The zero-order valence-electron chi connectivity index (χ0n) is 9.55. The fraction of sp³-hybridized carbons (Fsp3) is 0.833. The number of alkyl halides is 1. The van der Waals surface area contributed by atoms with E-state index in [1.165, 1.54) is 0 Å². The Bertz CT molecular complexity index is 205. The van der Waals surface area contributed by atoms with E-state index in [1.807, 2.05) is 0 Å². The van der Waals surface area contributed by atoms with Crippen molar-refractivity contribution in [3.63, 3.8) is 0 Å². The first-order chi connectivity index (χ1) is 6.33. The minimum atomic E-state index is -0.767. The summed E-state index contributed by atoms with van der Waals surface area (Å²) in [5.74, 6) is 3.40. The van der Waals surface area contributed by atoms with E-state index in [2.05, 4.69) is 49.5 Å². The second-order valence-electron chi connectivity index (χ2n) is 4.73. The average Bonchev–Trinajstić information content (AvgIpc) is 2.01. The lowest BCUT2D eigenvalue weighted by atomic mass is 9.83. The van der Waals surface area contributed by atoms with Crippen molar-refractivity contribution in [2.45, 2.75) is 51.0 Å². The molecule has 2 unspecified atom stereocenters. The Morgan fingerprint density at radius 3 is 2.14 bits per heavy atom. The molecule has 0 saturated heterocycles. The second kappa shape index (κ2) is 5.78. The summed E-state index contributed by atoms with van der Waals surface area (Å²) in [6.45, 7) is 8.37. The highest BCUT2D eigenvalue weighted by Crippen LogP contribution is 2.33. The molecule has 1 N–H and O–H groups in total. The van der Waals surface area contributed by atoms with E-state index in [1.54, 1.807) is 0 Å². The van der Waals surface area contributed by atoms with Crippen molar-refractivity contribution in [2.75, 3.05) is 0 Å². The smallest absolute Gasteiger partial charge is 0.0885 e. The molecule has 0 saturated carbocycles. The summed E-state index contributed by atoms with van der Waals surface area (Å²) < 4.78 is 0. The van der Waals surface area contributed by atoms with E-state index < -0.39 is 5.60 Å². The van der Waals surface area contributed by atoms with E-state index in [-0.39, 0.29) is 4.83 Å². The van der Waals surface area contributed by atoms with Crippen LogP contribution >= 0.6 is 15.9 Å². The molecule has 0 heterocycles. The van der Waals surface area contributed by atoms with Crippen LogP contribution < -0.4 is 0 Å². The number of terminal acetylenes is 1. The molecule has 0 aromatic carbocycles. The zero-order chi connectivity index (χ0) is 11.4. The minimum Gasteiger partial charge on any atom is -0.388 e. The van der Waals surface area contributed by atoms with Crippen LogP contribution in [0.2, 0.25) is 0 Å². The van der Waals surface area contributed by atoms with Crippen LogP contribution in [0.3, 0.4) is 0 Å². The van der Waals surface area contributed by atoms with Gasteiger partial charge in [-0.1, -0.05) is 43.6 Å². The molecule has 0 aliphatic carbocycles. The monoisotopic (exact) mass is 260 g/mol. The first kappa shape index (κ1) is 14.0. The van der Waals surface area contributed by atoms with Gasteiger partial charge in [-0.2, -0.15) is 0 Å². The molecule has 0 aliphatic rings. The Morgan fingerprint density at radius 1 is 1.36 bits per heavy atom. The van der Waals surface area contributed by atoms with Gasteiger partial charge in [0.15, 0.2) is 0 Å². The van der Waals surface area contributed by atoms with Gasteiger partial charge in [-0.15, -0.1) is 12.3 Å². The van der Waals surface area contributed by atoms with Crippen molar-refractivity contribution >= 4 is 15.9 Å². The van der Waals surface area contributed by atoms with Crippen LogP contribution in [0, 0.1) is 24.2 Å². The summed E-state index contributed by atoms with van der Waals surface area (Å²) in [7, 11) is 0. The van der Waals surface area contributed by atoms with Gasteiger partial charge in [0.1, 0.15) is 0 Å². The molecular formula is C12H21BrO. The van der Waals surface area contributed by atoms with Gasteiger partial charge < -0.3 is 5.11 Å². The zero-order valence-corrected chi connectivity index (χ0v) is 11.1. The summed E-state index contributed by atoms with van der Waals surface area (Å²) in [6.07, 6.45) is 6.45. The standard InChI is InChI=1S/C12H21BrO/c1-6-7-12(14,8-9(2)3)11(13)10(4)5/h1,9-11,14H,7-8H2,2-5H3. The first-order valence-corrected chi connectivity index (χ1v) is 6.05. The molecule has 0 aliphatic heterocycles. The number of hydrogen-bond acceptors (Lipinski definition) is 1. The van der Waals surface area contributed by atoms with Gasteiger partial charge in [-0.25, -0.2) is 0 Å². The maximum Gasteiger partial charge on any atom is 0.0885 e. The van der Waals surface area contributed by atoms with Crippen LogP contribution in [0.15, 0.2) is 0 Å². The molecule has 0 spiro atoms. The second-order valence-corrected chi connectivity index (χ2v) is 5.71.